The van der Waals surface area contributed by atoms with Crippen LogP contribution in [-0.4, -0.2) is 38.7 Å². The van der Waals surface area contributed by atoms with E-state index in [0.717, 1.165) is 18.9 Å². The molecule has 16 heavy (non-hydrogen) atoms. The van der Waals surface area contributed by atoms with Gasteiger partial charge in [-0.3, -0.25) is 0 Å². The first-order valence-corrected chi connectivity index (χ1v) is 8.70. The zero-order valence-electron chi connectivity index (χ0n) is 9.30. The van der Waals surface area contributed by atoms with Crippen LogP contribution in [0.5, 0.6) is 0 Å². The summed E-state index contributed by atoms with van der Waals surface area (Å²) in [5.41, 5.74) is 0.0868. The summed E-state index contributed by atoms with van der Waals surface area (Å²) in [4.78, 5) is 0. The van der Waals surface area contributed by atoms with E-state index in [1.807, 2.05) is 0 Å². The lowest BCUT2D eigenvalue weighted by Crippen LogP contribution is -2.47. The fraction of sp³-hybridized carbons (Fsp3) is 0.778. The molecule has 0 atom stereocenters. The van der Waals surface area contributed by atoms with Crippen LogP contribution in [0.25, 0.3) is 0 Å². The maximum atomic E-state index is 11.5. The van der Waals surface area contributed by atoms with Crippen LogP contribution in [0.15, 0.2) is 11.6 Å². The predicted molar refractivity (Wildman–Crippen MR) is 61.2 cm³/mol. The Labute approximate surface area is 96.0 Å². The van der Waals surface area contributed by atoms with Gasteiger partial charge >= 0.3 is 0 Å². The fourth-order valence-electron chi connectivity index (χ4n) is 1.88. The summed E-state index contributed by atoms with van der Waals surface area (Å²) in [5.74, 6) is 0. The largest absolute Gasteiger partial charge is 0.359 e. The Balaban J connectivity index is 3.44. The molecule has 0 aliphatic heterocycles. The average Bonchev–Trinajstić information content (AvgIpc) is 2.14. The Morgan fingerprint density at radius 2 is 1.62 bits per heavy atom. The molecular formula is C9H16O5S2. The van der Waals surface area contributed by atoms with Crippen LogP contribution in [0.2, 0.25) is 0 Å². The third-order valence-electron chi connectivity index (χ3n) is 2.70. The molecule has 5 nitrogen and oxygen atoms in total. The molecule has 0 aromatic rings. The lowest BCUT2D eigenvalue weighted by atomic mass is 10.00. The smallest absolute Gasteiger partial charge is 0.289 e. The summed E-state index contributed by atoms with van der Waals surface area (Å²) >= 11 is 0. The standard InChI is InChI=1S/C9H16O5S2/c1-15(11,12)9(10,16(2,13)14)8-6-4-3-5-7-8/h6,10H,3-5,7H2,1-2H3. The fourth-order valence-corrected chi connectivity index (χ4v) is 5.40. The van der Waals surface area contributed by atoms with Gasteiger partial charge in [0.25, 0.3) is 4.27 Å². The molecule has 0 aromatic heterocycles. The van der Waals surface area contributed by atoms with Gasteiger partial charge in [0.2, 0.25) is 0 Å². The molecule has 0 heterocycles. The second kappa shape index (κ2) is 4.12. The molecule has 0 saturated carbocycles. The maximum absolute atomic E-state index is 11.5. The van der Waals surface area contributed by atoms with E-state index in [9.17, 15) is 21.9 Å². The van der Waals surface area contributed by atoms with Gasteiger partial charge in [-0.05, 0) is 31.3 Å². The van der Waals surface area contributed by atoms with Crippen LogP contribution in [-0.2, 0) is 19.7 Å². The van der Waals surface area contributed by atoms with Crippen LogP contribution in [0.4, 0.5) is 0 Å². The Kier molecular flexibility index (Phi) is 3.52. The first kappa shape index (κ1) is 13.7. The van der Waals surface area contributed by atoms with Crippen molar-refractivity contribution >= 4 is 19.7 Å². The van der Waals surface area contributed by atoms with Gasteiger partial charge in [0.05, 0.1) is 0 Å². The molecular weight excluding hydrogens is 252 g/mol. The van der Waals surface area contributed by atoms with Crippen LogP contribution >= 0.6 is 0 Å². The van der Waals surface area contributed by atoms with E-state index in [1.54, 1.807) is 0 Å². The van der Waals surface area contributed by atoms with Crippen molar-refractivity contribution in [3.05, 3.63) is 11.6 Å². The van der Waals surface area contributed by atoms with Crippen molar-refractivity contribution in [3.8, 4) is 0 Å². The Hall–Kier alpha value is -0.400. The summed E-state index contributed by atoms with van der Waals surface area (Å²) < 4.78 is 43.4. The van der Waals surface area contributed by atoms with Gasteiger partial charge in [-0.1, -0.05) is 6.08 Å². The van der Waals surface area contributed by atoms with Gasteiger partial charge in [0, 0.05) is 12.5 Å². The van der Waals surface area contributed by atoms with Crippen molar-refractivity contribution < 1.29 is 21.9 Å². The highest BCUT2D eigenvalue weighted by Gasteiger charge is 2.51. The molecule has 1 rings (SSSR count). The van der Waals surface area contributed by atoms with Crippen molar-refractivity contribution in [2.45, 2.75) is 29.9 Å². The predicted octanol–water partition coefficient (Wildman–Crippen LogP) is 0.222. The van der Waals surface area contributed by atoms with Gasteiger partial charge in [0.15, 0.2) is 19.7 Å². The highest BCUT2D eigenvalue weighted by molar-refractivity contribution is 8.09. The van der Waals surface area contributed by atoms with Crippen LogP contribution in [0.1, 0.15) is 25.7 Å². The molecule has 94 valence electrons. The minimum Gasteiger partial charge on any atom is -0.359 e. The summed E-state index contributed by atoms with van der Waals surface area (Å²) in [6.07, 6.45) is 5.48. The van der Waals surface area contributed by atoms with Crippen molar-refractivity contribution in [2.75, 3.05) is 12.5 Å². The molecule has 0 fully saturated rings. The normalized spacial score (nSPS) is 19.3. The molecule has 0 aromatic carbocycles. The van der Waals surface area contributed by atoms with E-state index in [0.29, 0.717) is 19.3 Å². The third kappa shape index (κ3) is 2.16. The number of allylic oxidation sites excluding steroid dienone is 1. The SMILES string of the molecule is CS(=O)(=O)C(O)(C1=CCCCC1)S(C)(=O)=O. The minimum absolute atomic E-state index is 0.0868. The number of sulfone groups is 2. The van der Waals surface area contributed by atoms with Crippen molar-refractivity contribution in [2.24, 2.45) is 0 Å². The van der Waals surface area contributed by atoms with Gasteiger partial charge in [-0.15, -0.1) is 0 Å². The van der Waals surface area contributed by atoms with E-state index in [1.165, 1.54) is 6.08 Å². The number of hydrogen-bond acceptors (Lipinski definition) is 5. The van der Waals surface area contributed by atoms with E-state index < -0.39 is 23.9 Å². The van der Waals surface area contributed by atoms with Crippen LogP contribution in [0, 0.1) is 0 Å². The molecule has 0 radical (unpaired) electrons. The summed E-state index contributed by atoms with van der Waals surface area (Å²) in [6, 6.07) is 0. The van der Waals surface area contributed by atoms with Crippen molar-refractivity contribution in [3.63, 3.8) is 0 Å². The zero-order chi connectivity index (χ0) is 12.6. The first-order valence-electron chi connectivity index (χ1n) is 4.92. The molecule has 0 spiro atoms. The Morgan fingerprint density at radius 3 is 1.94 bits per heavy atom. The third-order valence-corrected chi connectivity index (χ3v) is 7.05. The molecule has 0 unspecified atom stereocenters. The van der Waals surface area contributed by atoms with Crippen LogP contribution < -0.4 is 0 Å². The average molecular weight is 268 g/mol. The lowest BCUT2D eigenvalue weighted by molar-refractivity contribution is 0.231. The summed E-state index contributed by atoms with van der Waals surface area (Å²) in [5, 5.41) is 10.1. The second-order valence-corrected chi connectivity index (χ2v) is 8.63. The highest BCUT2D eigenvalue weighted by atomic mass is 32.3. The molecule has 1 aliphatic rings. The van der Waals surface area contributed by atoms with E-state index in [-0.39, 0.29) is 5.57 Å². The lowest BCUT2D eigenvalue weighted by Gasteiger charge is -2.29. The molecule has 7 heteroatoms. The van der Waals surface area contributed by atoms with Gasteiger partial charge in [-0.2, -0.15) is 0 Å². The van der Waals surface area contributed by atoms with Gasteiger partial charge in [-0.25, -0.2) is 16.8 Å². The van der Waals surface area contributed by atoms with Gasteiger partial charge < -0.3 is 5.11 Å². The number of rotatable bonds is 3. The van der Waals surface area contributed by atoms with Gasteiger partial charge in [0.1, 0.15) is 0 Å². The topological polar surface area (TPSA) is 88.5 Å². The zero-order valence-corrected chi connectivity index (χ0v) is 10.9. The number of aliphatic hydroxyl groups is 1. The summed E-state index contributed by atoms with van der Waals surface area (Å²) in [6.45, 7) is 0. The summed E-state index contributed by atoms with van der Waals surface area (Å²) in [7, 11) is -8.24. The molecule has 1 N–H and O–H groups in total. The second-order valence-electron chi connectivity index (χ2n) is 4.10. The molecule has 0 bridgehead atoms. The van der Waals surface area contributed by atoms with E-state index in [2.05, 4.69) is 0 Å². The molecule has 0 amide bonds. The van der Waals surface area contributed by atoms with Crippen molar-refractivity contribution in [1.29, 1.82) is 0 Å². The molecule has 1 aliphatic carbocycles. The Bertz CT molecular complexity index is 466. The highest BCUT2D eigenvalue weighted by Crippen LogP contribution is 2.35. The number of hydrogen-bond donors (Lipinski definition) is 1. The minimum atomic E-state index is -4.12. The van der Waals surface area contributed by atoms with E-state index in [4.69, 9.17) is 0 Å². The first-order chi connectivity index (χ1) is 7.11. The maximum Gasteiger partial charge on any atom is 0.289 e. The molecule has 0 saturated heterocycles. The van der Waals surface area contributed by atoms with Crippen molar-refractivity contribution in [1.82, 2.24) is 0 Å². The quantitative estimate of drug-likeness (QED) is 0.740. The van der Waals surface area contributed by atoms with Crippen LogP contribution in [0.3, 0.4) is 0 Å². The Morgan fingerprint density at radius 1 is 1.12 bits per heavy atom. The monoisotopic (exact) mass is 268 g/mol. The van der Waals surface area contributed by atoms with E-state index >= 15 is 0 Å².